The summed E-state index contributed by atoms with van der Waals surface area (Å²) in [5.74, 6) is -0.870. The number of hydrogen-bond acceptors (Lipinski definition) is 4. The molecule has 0 saturated carbocycles. The highest BCUT2D eigenvalue weighted by atomic mass is 35.5. The summed E-state index contributed by atoms with van der Waals surface area (Å²) in [6.45, 7) is 0. The number of carboxylic acid groups (broad SMARTS) is 1. The largest absolute Gasteiger partial charge is 0.497 e. The molecular weight excluding hydrogens is 389 g/mol. The number of hydrogen-bond donors (Lipinski definition) is 1. The summed E-state index contributed by atoms with van der Waals surface area (Å²) in [5.41, 5.74) is -0.810. The van der Waals surface area contributed by atoms with Crippen molar-refractivity contribution < 1.29 is 37.3 Å². The van der Waals surface area contributed by atoms with E-state index in [2.05, 4.69) is 0 Å². The summed E-state index contributed by atoms with van der Waals surface area (Å²) in [7, 11) is 1.50. The SMILES string of the molecule is COc1ccc(Oc2cc3c(cc2Cl)C=C(C(=O)O)C(C(F)(F)F)O3)cc1. The van der Waals surface area contributed by atoms with Crippen molar-refractivity contribution in [3.8, 4) is 23.0 Å². The Balaban J connectivity index is 1.97. The first-order valence-corrected chi connectivity index (χ1v) is 7.90. The van der Waals surface area contributed by atoms with Gasteiger partial charge < -0.3 is 19.3 Å². The van der Waals surface area contributed by atoms with Gasteiger partial charge in [-0.15, -0.1) is 0 Å². The molecular formula is C18H12ClF3O5. The van der Waals surface area contributed by atoms with Gasteiger partial charge in [-0.2, -0.15) is 13.2 Å². The zero-order valence-corrected chi connectivity index (χ0v) is 14.5. The molecule has 1 aliphatic rings. The minimum Gasteiger partial charge on any atom is -0.497 e. The van der Waals surface area contributed by atoms with E-state index in [1.807, 2.05) is 0 Å². The molecule has 2 aromatic rings. The van der Waals surface area contributed by atoms with Gasteiger partial charge in [0.2, 0.25) is 6.10 Å². The summed E-state index contributed by atoms with van der Waals surface area (Å²) >= 11 is 6.12. The lowest BCUT2D eigenvalue weighted by molar-refractivity contribution is -0.187. The Kier molecular flexibility index (Phi) is 4.93. The van der Waals surface area contributed by atoms with Crippen LogP contribution in [0.2, 0.25) is 5.02 Å². The number of carbonyl (C=O) groups is 1. The van der Waals surface area contributed by atoms with Gasteiger partial charge in [0, 0.05) is 11.6 Å². The standard InChI is InChI=1S/C18H12ClF3O5/c1-25-10-2-4-11(5-3-10)26-15-8-14-9(7-13(15)19)6-12(17(23)24)16(27-14)18(20,21)22/h2-8,16H,1H3,(H,23,24). The van der Waals surface area contributed by atoms with Gasteiger partial charge >= 0.3 is 12.1 Å². The lowest BCUT2D eigenvalue weighted by atomic mass is 10.0. The van der Waals surface area contributed by atoms with E-state index in [1.165, 1.54) is 19.2 Å². The van der Waals surface area contributed by atoms with E-state index < -0.39 is 23.8 Å². The average Bonchev–Trinajstić information content (AvgIpc) is 2.61. The van der Waals surface area contributed by atoms with Crippen LogP contribution in [-0.4, -0.2) is 30.5 Å². The summed E-state index contributed by atoms with van der Waals surface area (Å²) in [6, 6.07) is 8.94. The fourth-order valence-electron chi connectivity index (χ4n) is 2.46. The predicted octanol–water partition coefficient (Wildman–Crippen LogP) is 4.93. The van der Waals surface area contributed by atoms with Crippen molar-refractivity contribution in [1.29, 1.82) is 0 Å². The molecule has 0 amide bonds. The first-order valence-electron chi connectivity index (χ1n) is 7.52. The van der Waals surface area contributed by atoms with Crippen molar-refractivity contribution in [3.63, 3.8) is 0 Å². The predicted molar refractivity (Wildman–Crippen MR) is 90.6 cm³/mol. The van der Waals surface area contributed by atoms with Crippen LogP contribution in [0.3, 0.4) is 0 Å². The highest BCUT2D eigenvalue weighted by Crippen LogP contribution is 2.42. The third-order valence-electron chi connectivity index (χ3n) is 3.73. The normalized spacial score (nSPS) is 16.0. The monoisotopic (exact) mass is 400 g/mol. The Morgan fingerprint density at radius 1 is 1.19 bits per heavy atom. The molecule has 0 bridgehead atoms. The van der Waals surface area contributed by atoms with Crippen molar-refractivity contribution in [1.82, 2.24) is 0 Å². The number of benzene rings is 2. The first-order chi connectivity index (χ1) is 12.7. The minimum atomic E-state index is -4.89. The maximum atomic E-state index is 13.1. The molecule has 0 radical (unpaired) electrons. The van der Waals surface area contributed by atoms with E-state index >= 15 is 0 Å². The number of fused-ring (bicyclic) bond motifs is 1. The van der Waals surface area contributed by atoms with Crippen molar-refractivity contribution in [3.05, 3.63) is 52.6 Å². The van der Waals surface area contributed by atoms with E-state index in [0.717, 1.165) is 6.08 Å². The van der Waals surface area contributed by atoms with Crippen LogP contribution >= 0.6 is 11.6 Å². The summed E-state index contributed by atoms with van der Waals surface area (Å²) in [5, 5.41) is 9.13. The molecule has 0 aromatic heterocycles. The smallest absolute Gasteiger partial charge is 0.430 e. The molecule has 27 heavy (non-hydrogen) atoms. The number of halogens is 4. The maximum Gasteiger partial charge on any atom is 0.430 e. The fraction of sp³-hybridized carbons (Fsp3) is 0.167. The fourth-order valence-corrected chi connectivity index (χ4v) is 2.68. The van der Waals surface area contributed by atoms with Gasteiger partial charge in [0.05, 0.1) is 17.7 Å². The molecule has 5 nitrogen and oxygen atoms in total. The van der Waals surface area contributed by atoms with Gasteiger partial charge in [-0.05, 0) is 36.4 Å². The Hall–Kier alpha value is -2.87. The molecule has 9 heteroatoms. The number of aliphatic carboxylic acids is 1. The second-order valence-corrected chi connectivity index (χ2v) is 5.95. The Bertz CT molecular complexity index is 906. The van der Waals surface area contributed by atoms with Gasteiger partial charge in [0.15, 0.2) is 0 Å². The maximum absolute atomic E-state index is 13.1. The van der Waals surface area contributed by atoms with Crippen molar-refractivity contribution >= 4 is 23.6 Å². The number of alkyl halides is 3. The second kappa shape index (κ2) is 7.03. The molecule has 1 N–H and O–H groups in total. The second-order valence-electron chi connectivity index (χ2n) is 5.54. The molecule has 0 spiro atoms. The number of methoxy groups -OCH3 is 1. The summed E-state index contributed by atoms with van der Waals surface area (Å²) < 4.78 is 55.0. The minimum absolute atomic E-state index is 0.0636. The zero-order chi connectivity index (χ0) is 19.8. The molecule has 3 rings (SSSR count). The molecule has 142 valence electrons. The van der Waals surface area contributed by atoms with E-state index in [9.17, 15) is 18.0 Å². The number of ether oxygens (including phenoxy) is 3. The van der Waals surface area contributed by atoms with E-state index in [-0.39, 0.29) is 22.1 Å². The molecule has 1 unspecified atom stereocenters. The number of carboxylic acids is 1. The molecule has 0 saturated heterocycles. The van der Waals surface area contributed by atoms with Gasteiger partial charge in [-0.3, -0.25) is 0 Å². The van der Waals surface area contributed by atoms with Crippen molar-refractivity contribution in [2.24, 2.45) is 0 Å². The Labute approximate surface area is 156 Å². The van der Waals surface area contributed by atoms with Crippen molar-refractivity contribution in [2.75, 3.05) is 7.11 Å². The van der Waals surface area contributed by atoms with E-state index in [0.29, 0.717) is 11.5 Å². The third-order valence-corrected chi connectivity index (χ3v) is 4.03. The third kappa shape index (κ3) is 3.95. The van der Waals surface area contributed by atoms with Gasteiger partial charge in [0.1, 0.15) is 23.0 Å². The van der Waals surface area contributed by atoms with Gasteiger partial charge in [-0.1, -0.05) is 11.6 Å². The highest BCUT2D eigenvalue weighted by Gasteiger charge is 2.48. The molecule has 0 aliphatic carbocycles. The van der Waals surface area contributed by atoms with Crippen LogP contribution in [-0.2, 0) is 4.79 Å². The van der Waals surface area contributed by atoms with Crippen LogP contribution in [0, 0.1) is 0 Å². The van der Waals surface area contributed by atoms with Crippen LogP contribution < -0.4 is 14.2 Å². The molecule has 1 heterocycles. The molecule has 0 fully saturated rings. The van der Waals surface area contributed by atoms with Crippen LogP contribution in [0.25, 0.3) is 6.08 Å². The zero-order valence-electron chi connectivity index (χ0n) is 13.7. The Morgan fingerprint density at radius 3 is 2.37 bits per heavy atom. The topological polar surface area (TPSA) is 65.0 Å². The van der Waals surface area contributed by atoms with Crippen LogP contribution in [0.5, 0.6) is 23.0 Å². The molecule has 2 aromatic carbocycles. The lowest BCUT2D eigenvalue weighted by Crippen LogP contribution is -2.40. The van der Waals surface area contributed by atoms with Crippen LogP contribution in [0.1, 0.15) is 5.56 Å². The van der Waals surface area contributed by atoms with Gasteiger partial charge in [-0.25, -0.2) is 4.79 Å². The summed E-state index contributed by atoms with van der Waals surface area (Å²) in [6.07, 6.45) is -6.58. The lowest BCUT2D eigenvalue weighted by Gasteiger charge is -2.27. The van der Waals surface area contributed by atoms with Crippen LogP contribution in [0.4, 0.5) is 13.2 Å². The quantitative estimate of drug-likeness (QED) is 0.788. The van der Waals surface area contributed by atoms with E-state index in [1.54, 1.807) is 24.3 Å². The van der Waals surface area contributed by atoms with Gasteiger partial charge in [0.25, 0.3) is 0 Å². The number of rotatable bonds is 4. The summed E-state index contributed by atoms with van der Waals surface area (Å²) in [4.78, 5) is 11.2. The Morgan fingerprint density at radius 2 is 1.81 bits per heavy atom. The first kappa shape index (κ1) is 18.9. The molecule has 1 atom stereocenters. The van der Waals surface area contributed by atoms with Crippen molar-refractivity contribution in [2.45, 2.75) is 12.3 Å². The molecule has 1 aliphatic heterocycles. The average molecular weight is 401 g/mol. The van der Waals surface area contributed by atoms with E-state index in [4.69, 9.17) is 30.9 Å². The van der Waals surface area contributed by atoms with Crippen LogP contribution in [0.15, 0.2) is 42.0 Å². The highest BCUT2D eigenvalue weighted by molar-refractivity contribution is 6.32.